The van der Waals surface area contributed by atoms with E-state index in [9.17, 15) is 13.2 Å². The third-order valence-corrected chi connectivity index (χ3v) is 6.25. The van der Waals surface area contributed by atoms with E-state index in [4.69, 9.17) is 4.74 Å². The average molecular weight is 371 g/mol. The summed E-state index contributed by atoms with van der Waals surface area (Å²) in [5.74, 6) is 0. The Hall–Kier alpha value is -2.60. The van der Waals surface area contributed by atoms with Gasteiger partial charge in [0, 0.05) is 6.42 Å². The predicted octanol–water partition coefficient (Wildman–Crippen LogP) is 4.13. The van der Waals surface area contributed by atoms with Crippen LogP contribution < -0.4 is 0 Å². The van der Waals surface area contributed by atoms with Gasteiger partial charge in [0.1, 0.15) is 6.10 Å². The molecule has 136 valence electrons. The summed E-state index contributed by atoms with van der Waals surface area (Å²) < 4.78 is 32.2. The standard InChI is InChI=1S/C20H21NO4S/c1-4-17-13-19(16-7-5-6-15(3)12-16)25-20(22)21(17)26(23,24)18-10-8-14(2)9-11-18/h4-12,17,19H,1,13H2,2-3H3/t17-,19-/m0/s1. The van der Waals surface area contributed by atoms with Gasteiger partial charge in [-0.05, 0) is 31.5 Å². The zero-order valence-electron chi connectivity index (χ0n) is 14.8. The topological polar surface area (TPSA) is 63.7 Å². The van der Waals surface area contributed by atoms with Gasteiger partial charge in [-0.1, -0.05) is 53.6 Å². The molecule has 1 aliphatic heterocycles. The van der Waals surface area contributed by atoms with Crippen molar-refractivity contribution < 1.29 is 17.9 Å². The fraction of sp³-hybridized carbons (Fsp3) is 0.250. The minimum Gasteiger partial charge on any atom is -0.440 e. The monoisotopic (exact) mass is 371 g/mol. The highest BCUT2D eigenvalue weighted by Crippen LogP contribution is 2.34. The molecule has 0 radical (unpaired) electrons. The SMILES string of the molecule is C=C[C@H]1C[C@@H](c2cccc(C)c2)OC(=O)N1S(=O)(=O)c1ccc(C)cc1. The summed E-state index contributed by atoms with van der Waals surface area (Å²) in [4.78, 5) is 12.7. The van der Waals surface area contributed by atoms with Gasteiger partial charge in [-0.2, -0.15) is 4.31 Å². The Morgan fingerprint density at radius 1 is 1.12 bits per heavy atom. The number of nitrogens with zero attached hydrogens (tertiary/aromatic N) is 1. The summed E-state index contributed by atoms with van der Waals surface area (Å²) in [7, 11) is -4.02. The molecular weight excluding hydrogens is 350 g/mol. The molecule has 6 heteroatoms. The number of cyclic esters (lactones) is 1. The van der Waals surface area contributed by atoms with Crippen LogP contribution in [0.3, 0.4) is 0 Å². The van der Waals surface area contributed by atoms with E-state index in [2.05, 4.69) is 6.58 Å². The second-order valence-corrected chi connectivity index (χ2v) is 8.25. The molecule has 2 atom stereocenters. The molecule has 1 amide bonds. The molecule has 0 spiro atoms. The lowest BCUT2D eigenvalue weighted by molar-refractivity contribution is 0.0354. The van der Waals surface area contributed by atoms with E-state index in [1.165, 1.54) is 18.2 Å². The Bertz CT molecular complexity index is 935. The van der Waals surface area contributed by atoms with Gasteiger partial charge in [-0.3, -0.25) is 0 Å². The first kappa shape index (κ1) is 18.2. The molecule has 0 bridgehead atoms. The van der Waals surface area contributed by atoms with Crippen LogP contribution in [0, 0.1) is 13.8 Å². The van der Waals surface area contributed by atoms with Gasteiger partial charge < -0.3 is 4.74 Å². The molecule has 2 aromatic rings. The summed E-state index contributed by atoms with van der Waals surface area (Å²) in [5, 5.41) is 0. The van der Waals surface area contributed by atoms with Gasteiger partial charge in [0.05, 0.1) is 10.9 Å². The number of sulfonamides is 1. The molecular formula is C20H21NO4S. The van der Waals surface area contributed by atoms with Crippen LogP contribution in [-0.2, 0) is 14.8 Å². The van der Waals surface area contributed by atoms with Crippen LogP contribution in [0.4, 0.5) is 4.79 Å². The van der Waals surface area contributed by atoms with E-state index in [0.29, 0.717) is 6.42 Å². The molecule has 2 aromatic carbocycles. The van der Waals surface area contributed by atoms with Crippen LogP contribution in [0.15, 0.2) is 66.1 Å². The highest BCUT2D eigenvalue weighted by molar-refractivity contribution is 7.89. The fourth-order valence-corrected chi connectivity index (χ4v) is 4.51. The van der Waals surface area contributed by atoms with Gasteiger partial charge in [0.25, 0.3) is 10.0 Å². The molecule has 1 saturated heterocycles. The number of carbonyl (C=O) groups is 1. The second-order valence-electron chi connectivity index (χ2n) is 6.44. The quantitative estimate of drug-likeness (QED) is 0.758. The van der Waals surface area contributed by atoms with Crippen LogP contribution >= 0.6 is 0 Å². The first-order chi connectivity index (χ1) is 12.3. The lowest BCUT2D eigenvalue weighted by Crippen LogP contribution is -2.48. The highest BCUT2D eigenvalue weighted by Gasteiger charge is 2.42. The maximum Gasteiger partial charge on any atom is 0.425 e. The third kappa shape index (κ3) is 3.37. The van der Waals surface area contributed by atoms with Crippen molar-refractivity contribution in [2.75, 3.05) is 0 Å². The Kier molecular flexibility index (Phi) is 4.87. The van der Waals surface area contributed by atoms with E-state index < -0.39 is 28.3 Å². The van der Waals surface area contributed by atoms with Gasteiger partial charge in [0.2, 0.25) is 0 Å². The molecule has 5 nitrogen and oxygen atoms in total. The molecule has 0 saturated carbocycles. The number of carbonyl (C=O) groups excluding carboxylic acids is 1. The van der Waals surface area contributed by atoms with Crippen LogP contribution in [0.25, 0.3) is 0 Å². The third-order valence-electron chi connectivity index (χ3n) is 4.44. The van der Waals surface area contributed by atoms with Gasteiger partial charge in [-0.15, -0.1) is 6.58 Å². The highest BCUT2D eigenvalue weighted by atomic mass is 32.2. The molecule has 0 N–H and O–H groups in total. The van der Waals surface area contributed by atoms with Gasteiger partial charge in [-0.25, -0.2) is 13.2 Å². The molecule has 0 aromatic heterocycles. The summed E-state index contributed by atoms with van der Waals surface area (Å²) >= 11 is 0. The molecule has 1 aliphatic rings. The van der Waals surface area contributed by atoms with Crippen LogP contribution in [0.5, 0.6) is 0 Å². The lowest BCUT2D eigenvalue weighted by atomic mass is 9.99. The summed E-state index contributed by atoms with van der Waals surface area (Å²) in [6, 6.07) is 13.3. The van der Waals surface area contributed by atoms with Crippen molar-refractivity contribution in [1.82, 2.24) is 4.31 Å². The molecule has 1 fully saturated rings. The number of rotatable bonds is 4. The molecule has 26 heavy (non-hydrogen) atoms. The minimum atomic E-state index is -4.02. The number of hydrogen-bond donors (Lipinski definition) is 0. The number of ether oxygens (including phenoxy) is 1. The van der Waals surface area contributed by atoms with Crippen LogP contribution in [0.2, 0.25) is 0 Å². The predicted molar refractivity (Wildman–Crippen MR) is 99.2 cm³/mol. The maximum atomic E-state index is 13.0. The van der Waals surface area contributed by atoms with Crippen molar-refractivity contribution in [2.24, 2.45) is 0 Å². The maximum absolute atomic E-state index is 13.0. The zero-order valence-corrected chi connectivity index (χ0v) is 15.6. The average Bonchev–Trinajstić information content (AvgIpc) is 2.61. The van der Waals surface area contributed by atoms with Gasteiger partial charge in [0.15, 0.2) is 0 Å². The summed E-state index contributed by atoms with van der Waals surface area (Å²) in [6.45, 7) is 7.54. The van der Waals surface area contributed by atoms with Crippen molar-refractivity contribution in [2.45, 2.75) is 37.3 Å². The first-order valence-electron chi connectivity index (χ1n) is 8.34. The van der Waals surface area contributed by atoms with Crippen molar-refractivity contribution in [3.05, 3.63) is 77.9 Å². The first-order valence-corrected chi connectivity index (χ1v) is 9.78. The lowest BCUT2D eigenvalue weighted by Gasteiger charge is -2.36. The van der Waals surface area contributed by atoms with E-state index >= 15 is 0 Å². The Balaban J connectivity index is 1.93. The Labute approximate surface area is 154 Å². The second kappa shape index (κ2) is 6.96. The van der Waals surface area contributed by atoms with Crippen molar-refractivity contribution in [3.8, 4) is 0 Å². The summed E-state index contributed by atoms with van der Waals surface area (Å²) in [6.07, 6.45) is 0.418. The molecule has 0 unspecified atom stereocenters. The fourth-order valence-electron chi connectivity index (χ4n) is 3.04. The largest absolute Gasteiger partial charge is 0.440 e. The molecule has 0 aliphatic carbocycles. The van der Waals surface area contributed by atoms with Crippen molar-refractivity contribution in [1.29, 1.82) is 0 Å². The van der Waals surface area contributed by atoms with E-state index in [-0.39, 0.29) is 4.90 Å². The van der Waals surface area contributed by atoms with Crippen LogP contribution in [-0.4, -0.2) is 24.9 Å². The number of amides is 1. The van der Waals surface area contributed by atoms with E-state index in [1.807, 2.05) is 38.1 Å². The Morgan fingerprint density at radius 2 is 1.81 bits per heavy atom. The Morgan fingerprint density at radius 3 is 2.42 bits per heavy atom. The zero-order chi connectivity index (χ0) is 18.9. The molecule has 1 heterocycles. The number of benzene rings is 2. The molecule has 3 rings (SSSR count). The van der Waals surface area contributed by atoms with Crippen molar-refractivity contribution in [3.63, 3.8) is 0 Å². The normalized spacial score (nSPS) is 20.5. The van der Waals surface area contributed by atoms with Gasteiger partial charge >= 0.3 is 6.09 Å². The van der Waals surface area contributed by atoms with E-state index in [0.717, 1.165) is 21.0 Å². The number of aryl methyl sites for hydroxylation is 2. The summed E-state index contributed by atoms with van der Waals surface area (Å²) in [5.41, 5.74) is 2.82. The van der Waals surface area contributed by atoms with Crippen LogP contribution in [0.1, 0.15) is 29.2 Å². The smallest absolute Gasteiger partial charge is 0.425 e. The number of hydrogen-bond acceptors (Lipinski definition) is 4. The van der Waals surface area contributed by atoms with E-state index in [1.54, 1.807) is 12.1 Å². The minimum absolute atomic E-state index is 0.0564. The van der Waals surface area contributed by atoms with Crippen molar-refractivity contribution >= 4 is 16.1 Å².